The predicted octanol–water partition coefficient (Wildman–Crippen LogP) is -3.60. The van der Waals surface area contributed by atoms with Crippen molar-refractivity contribution in [1.29, 1.82) is 0 Å². The van der Waals surface area contributed by atoms with Gasteiger partial charge in [0.2, 0.25) is 0 Å². The molecule has 0 aromatic rings. The zero-order valence-corrected chi connectivity index (χ0v) is 5.08. The Balaban J connectivity index is -0.000000000833. The molecule has 0 heterocycles. The van der Waals surface area contributed by atoms with E-state index in [-0.39, 0.29) is 90.0 Å². The summed E-state index contributed by atoms with van der Waals surface area (Å²) >= 11 is 0.125. The molecule has 6 heavy (non-hydrogen) atoms. The average molecular weight is 186 g/mol. The Labute approximate surface area is 92.0 Å². The minimum atomic E-state index is 0. The van der Waals surface area contributed by atoms with Crippen LogP contribution in [-0.4, -0.2) is 71.7 Å². The Bertz CT molecular complexity index is 10.8. The molecule has 0 aromatic heterocycles. The van der Waals surface area contributed by atoms with Gasteiger partial charge >= 0.3 is 82.6 Å². The molecule has 0 aliphatic heterocycles. The van der Waals surface area contributed by atoms with E-state index in [0.717, 1.165) is 0 Å². The summed E-state index contributed by atoms with van der Waals surface area (Å²) in [4.78, 5) is 0. The zero-order valence-electron chi connectivity index (χ0n) is 2.12. The molecular formula is H8CaMgO3Zn. The van der Waals surface area contributed by atoms with Crippen LogP contribution < -0.4 is 0 Å². The van der Waals surface area contributed by atoms with E-state index in [0.29, 0.717) is 0 Å². The Hall–Kier alpha value is 2.37. The van der Waals surface area contributed by atoms with E-state index in [9.17, 15) is 0 Å². The van der Waals surface area contributed by atoms with Gasteiger partial charge in [-0.05, 0) is 0 Å². The molecule has 0 aliphatic rings. The fourth-order valence-electron chi connectivity index (χ4n) is 0. The van der Waals surface area contributed by atoms with Crippen LogP contribution in [0, 0.1) is 0 Å². The fourth-order valence-corrected chi connectivity index (χ4v) is 0. The quantitative estimate of drug-likeness (QED) is 0.359. The van der Waals surface area contributed by atoms with Crippen molar-refractivity contribution in [3.63, 3.8) is 0 Å². The second kappa shape index (κ2) is 53.3. The summed E-state index contributed by atoms with van der Waals surface area (Å²) in [6, 6.07) is 0. The van der Waals surface area contributed by atoms with Gasteiger partial charge in [0.1, 0.15) is 0 Å². The summed E-state index contributed by atoms with van der Waals surface area (Å²) in [7, 11) is 0. The maximum atomic E-state index is 8.38. The molecule has 0 amide bonds. The molecule has 0 radical (unpaired) electrons. The predicted molar refractivity (Wildman–Crippen MR) is 25.0 cm³/mol. The molecule has 3 nitrogen and oxygen atoms in total. The van der Waals surface area contributed by atoms with Crippen molar-refractivity contribution >= 4 is 60.8 Å². The van der Waals surface area contributed by atoms with E-state index in [1.165, 1.54) is 0 Å². The summed E-state index contributed by atoms with van der Waals surface area (Å²) in [6.07, 6.45) is 0. The average Bonchev–Trinajstić information content (AvgIpc) is 1.00. The second-order valence-electron chi connectivity index (χ2n) is 0. The van der Waals surface area contributed by atoms with Crippen LogP contribution in [0.1, 0.15) is 0 Å². The van der Waals surface area contributed by atoms with Crippen LogP contribution in [0.2, 0.25) is 0 Å². The van der Waals surface area contributed by atoms with E-state index < -0.39 is 0 Å². The molecule has 0 rings (SSSR count). The molecule has 0 aromatic carbocycles. The van der Waals surface area contributed by atoms with E-state index in [1.54, 1.807) is 0 Å². The van der Waals surface area contributed by atoms with Gasteiger partial charge in [0.05, 0.1) is 0 Å². The molecule has 6 heteroatoms. The van der Waals surface area contributed by atoms with Crippen molar-refractivity contribution in [3.05, 3.63) is 0 Å². The van der Waals surface area contributed by atoms with Crippen LogP contribution >= 0.6 is 0 Å². The zero-order chi connectivity index (χ0) is 2.00. The monoisotopic (exact) mass is 184 g/mol. The summed E-state index contributed by atoms with van der Waals surface area (Å²) in [6.45, 7) is 0. The molecule has 0 fully saturated rings. The van der Waals surface area contributed by atoms with Gasteiger partial charge in [0.25, 0.3) is 0 Å². The van der Waals surface area contributed by atoms with Crippen molar-refractivity contribution in [3.8, 4) is 0 Å². The molecule has 0 atom stereocenters. The third-order valence-corrected chi connectivity index (χ3v) is 0. The Morgan fingerprint density at radius 2 is 1.00 bits per heavy atom. The normalized spacial score (nSPS) is 1.00. The molecule has 0 spiro atoms. The Kier molecular flexibility index (Phi) is 355. The van der Waals surface area contributed by atoms with Gasteiger partial charge < -0.3 is 11.0 Å². The molecular weight excluding hydrogens is 178 g/mol. The van der Waals surface area contributed by atoms with Crippen molar-refractivity contribution < 1.29 is 32.8 Å². The minimum absolute atomic E-state index is 0. The van der Waals surface area contributed by atoms with Gasteiger partial charge in [-0.3, -0.25) is 0 Å². The Morgan fingerprint density at radius 1 is 1.00 bits per heavy atom. The van der Waals surface area contributed by atoms with Crippen molar-refractivity contribution in [2.45, 2.75) is 0 Å². The third kappa shape index (κ3) is 32.7. The third-order valence-electron chi connectivity index (χ3n) is 0. The second-order valence-corrected chi connectivity index (χ2v) is 0. The van der Waals surface area contributed by atoms with E-state index in [1.807, 2.05) is 0 Å². The van der Waals surface area contributed by atoms with Crippen molar-refractivity contribution in [2.24, 2.45) is 0 Å². The molecule has 0 bridgehead atoms. The van der Waals surface area contributed by atoms with Crippen molar-refractivity contribution in [2.75, 3.05) is 0 Å². The van der Waals surface area contributed by atoms with Crippen LogP contribution in [0.3, 0.4) is 0 Å². The number of hydrogen-bond donors (Lipinski definition) is 0. The SMILES string of the molecule is O.O.[CaH2].[MgH2].[O]=[Zn]. The summed E-state index contributed by atoms with van der Waals surface area (Å²) < 4.78 is 8.38. The van der Waals surface area contributed by atoms with Gasteiger partial charge in [0, 0.05) is 0 Å². The van der Waals surface area contributed by atoms with Gasteiger partial charge in [-0.1, -0.05) is 0 Å². The summed E-state index contributed by atoms with van der Waals surface area (Å²) in [5.74, 6) is 0. The molecule has 0 saturated carbocycles. The van der Waals surface area contributed by atoms with E-state index >= 15 is 0 Å². The van der Waals surface area contributed by atoms with E-state index in [4.69, 9.17) is 3.57 Å². The molecule has 0 saturated heterocycles. The van der Waals surface area contributed by atoms with Gasteiger partial charge in [0.15, 0.2) is 0 Å². The van der Waals surface area contributed by atoms with Crippen LogP contribution in [0.4, 0.5) is 0 Å². The van der Waals surface area contributed by atoms with Crippen LogP contribution in [0.5, 0.6) is 0 Å². The van der Waals surface area contributed by atoms with Crippen LogP contribution in [-0.2, 0) is 21.8 Å². The summed E-state index contributed by atoms with van der Waals surface area (Å²) in [5, 5.41) is 0. The first-order chi connectivity index (χ1) is 1.00. The topological polar surface area (TPSA) is 80.1 Å². The van der Waals surface area contributed by atoms with Gasteiger partial charge in [-0.15, -0.1) is 0 Å². The summed E-state index contributed by atoms with van der Waals surface area (Å²) in [5.41, 5.74) is 0. The maximum absolute atomic E-state index is 8.38. The standard InChI is InChI=1S/Ca.Mg.2H2O.O.Zn.4H/h;;2*1H2;;;;;;. The molecule has 0 unspecified atom stereocenters. The van der Waals surface area contributed by atoms with Crippen LogP contribution in [0.15, 0.2) is 0 Å². The van der Waals surface area contributed by atoms with Crippen LogP contribution in [0.25, 0.3) is 0 Å². The van der Waals surface area contributed by atoms with Crippen molar-refractivity contribution in [1.82, 2.24) is 0 Å². The number of hydrogen-bond acceptors (Lipinski definition) is 1. The first-order valence-electron chi connectivity index (χ1n) is 0.289. The van der Waals surface area contributed by atoms with Gasteiger partial charge in [-0.2, -0.15) is 0 Å². The molecule has 0 aliphatic carbocycles. The van der Waals surface area contributed by atoms with Gasteiger partial charge in [-0.25, -0.2) is 0 Å². The first-order valence-corrected chi connectivity index (χ1v) is 1.50. The molecule has 4 N–H and O–H groups in total. The van der Waals surface area contributed by atoms with E-state index in [2.05, 4.69) is 0 Å². The number of rotatable bonds is 0. The first kappa shape index (κ1) is 40.0. The fraction of sp³-hybridized carbons (Fsp3) is 0. The molecule has 32 valence electrons. The Morgan fingerprint density at radius 3 is 1.00 bits per heavy atom.